The molecule has 2 amide bonds. The number of phenolic OH excluding ortho intramolecular Hbond substituents is 1. The number of amides is 2. The number of fused-ring (bicyclic) bond motifs is 1. The van der Waals surface area contributed by atoms with E-state index >= 15 is 0 Å². The molecule has 9 heteroatoms. The zero-order valence-electron chi connectivity index (χ0n) is 22.7. The van der Waals surface area contributed by atoms with Crippen molar-refractivity contribution in [3.8, 4) is 5.75 Å². The third kappa shape index (κ3) is 6.02. The average Bonchev–Trinajstić information content (AvgIpc) is 3.58. The van der Waals surface area contributed by atoms with E-state index in [4.69, 9.17) is 11.6 Å². The Kier molecular flexibility index (Phi) is 9.04. The molecule has 1 saturated heterocycles. The van der Waals surface area contributed by atoms with Gasteiger partial charge in [-0.05, 0) is 90.2 Å². The second kappa shape index (κ2) is 12.7. The summed E-state index contributed by atoms with van der Waals surface area (Å²) in [7, 11) is 0. The van der Waals surface area contributed by atoms with E-state index in [1.807, 2.05) is 48.7 Å². The summed E-state index contributed by atoms with van der Waals surface area (Å²) in [4.78, 5) is 33.7. The van der Waals surface area contributed by atoms with Crippen molar-refractivity contribution in [1.29, 1.82) is 0 Å². The van der Waals surface area contributed by atoms with Crippen molar-refractivity contribution in [2.24, 2.45) is 17.8 Å². The number of rotatable bonds is 10. The van der Waals surface area contributed by atoms with Crippen LogP contribution in [-0.4, -0.2) is 49.7 Å². The molecule has 0 bridgehead atoms. The van der Waals surface area contributed by atoms with E-state index in [2.05, 4.69) is 4.98 Å². The Balaban J connectivity index is 1.41. The summed E-state index contributed by atoms with van der Waals surface area (Å²) < 4.78 is 0. The largest absolute Gasteiger partial charge is 0.508 e. The van der Waals surface area contributed by atoms with Gasteiger partial charge >= 0.3 is 0 Å². The summed E-state index contributed by atoms with van der Waals surface area (Å²) in [5.74, 6) is -2.24. The maximum Gasteiger partial charge on any atom is 0.234 e. The van der Waals surface area contributed by atoms with Crippen LogP contribution in [0.2, 0.25) is 5.02 Å². The lowest BCUT2D eigenvalue weighted by atomic mass is 9.67. The topological polar surface area (TPSA) is 111 Å². The van der Waals surface area contributed by atoms with E-state index in [1.54, 1.807) is 18.3 Å². The highest BCUT2D eigenvalue weighted by Gasteiger charge is 2.54. The zero-order valence-corrected chi connectivity index (χ0v) is 24.3. The number of hydrogen-bond acceptors (Lipinski definition) is 7. The SMILES string of the molecule is CCC1=C([C@H](O)CC/C(=C/c2ccc(O)cc2Cl)c2ccccn2)[C@H](CO)[C@@H]2C(=O)N(Cc3cccs3)C(=O)[C@@H]2C1. The minimum absolute atomic E-state index is 0.0699. The number of aliphatic hydroxyl groups excluding tert-OH is 2. The summed E-state index contributed by atoms with van der Waals surface area (Å²) in [6, 6.07) is 14.2. The van der Waals surface area contributed by atoms with Crippen LogP contribution in [0.1, 0.15) is 48.7 Å². The fourth-order valence-corrected chi connectivity index (χ4v) is 7.09. The minimum Gasteiger partial charge on any atom is -0.508 e. The summed E-state index contributed by atoms with van der Waals surface area (Å²) in [5.41, 5.74) is 3.90. The number of benzene rings is 1. The molecule has 1 aliphatic carbocycles. The van der Waals surface area contributed by atoms with Gasteiger partial charge in [0.25, 0.3) is 0 Å². The molecule has 214 valence electrons. The maximum absolute atomic E-state index is 13.6. The fourth-order valence-electron chi connectivity index (χ4n) is 6.17. The van der Waals surface area contributed by atoms with Crippen LogP contribution < -0.4 is 0 Å². The lowest BCUT2D eigenvalue weighted by molar-refractivity contribution is -0.140. The Morgan fingerprint density at radius 3 is 2.68 bits per heavy atom. The van der Waals surface area contributed by atoms with Crippen LogP contribution in [0.15, 0.2) is 71.3 Å². The van der Waals surface area contributed by atoms with Crippen LogP contribution in [0.25, 0.3) is 11.6 Å². The molecule has 3 aromatic rings. The lowest BCUT2D eigenvalue weighted by Crippen LogP contribution is -2.39. The minimum atomic E-state index is -0.917. The molecular formula is C32H33ClN2O5S. The first-order valence-corrected chi connectivity index (χ1v) is 15.1. The predicted molar refractivity (Wildman–Crippen MR) is 160 cm³/mol. The quantitative estimate of drug-likeness (QED) is 0.206. The van der Waals surface area contributed by atoms with Crippen molar-refractivity contribution < 1.29 is 24.9 Å². The molecule has 2 aromatic heterocycles. The van der Waals surface area contributed by atoms with E-state index in [9.17, 15) is 24.9 Å². The van der Waals surface area contributed by atoms with Gasteiger partial charge in [0.05, 0.1) is 41.8 Å². The van der Waals surface area contributed by atoms with E-state index in [1.165, 1.54) is 22.3 Å². The molecule has 1 aromatic carbocycles. The van der Waals surface area contributed by atoms with E-state index in [-0.39, 0.29) is 30.7 Å². The van der Waals surface area contributed by atoms with Crippen LogP contribution in [0.5, 0.6) is 5.75 Å². The fraction of sp³-hybridized carbons (Fsp3) is 0.344. The molecule has 1 fully saturated rings. The van der Waals surface area contributed by atoms with Gasteiger partial charge in [-0.15, -0.1) is 11.3 Å². The van der Waals surface area contributed by atoms with Crippen molar-refractivity contribution in [1.82, 2.24) is 9.88 Å². The number of allylic oxidation sites excluding steroid dienone is 2. The highest BCUT2D eigenvalue weighted by Crippen LogP contribution is 2.47. The van der Waals surface area contributed by atoms with Gasteiger partial charge in [0.2, 0.25) is 11.8 Å². The van der Waals surface area contributed by atoms with E-state index in [0.29, 0.717) is 41.8 Å². The molecule has 0 spiro atoms. The third-order valence-corrected chi connectivity index (χ3v) is 9.34. The number of hydrogen-bond donors (Lipinski definition) is 3. The smallest absolute Gasteiger partial charge is 0.234 e. The molecule has 7 nitrogen and oxygen atoms in total. The van der Waals surface area contributed by atoms with Gasteiger partial charge in [0, 0.05) is 17.0 Å². The molecule has 3 heterocycles. The predicted octanol–water partition coefficient (Wildman–Crippen LogP) is 5.70. The van der Waals surface area contributed by atoms with Crippen LogP contribution >= 0.6 is 22.9 Å². The second-order valence-corrected chi connectivity index (χ2v) is 12.0. The summed E-state index contributed by atoms with van der Waals surface area (Å²) in [5, 5.41) is 34.2. The number of nitrogens with zero attached hydrogens (tertiary/aromatic N) is 2. The van der Waals surface area contributed by atoms with Crippen molar-refractivity contribution >= 4 is 46.4 Å². The van der Waals surface area contributed by atoms with Gasteiger partial charge in [0.1, 0.15) is 5.75 Å². The molecule has 41 heavy (non-hydrogen) atoms. The number of likely N-dealkylation sites (tertiary alicyclic amines) is 1. The molecule has 5 rings (SSSR count). The van der Waals surface area contributed by atoms with Gasteiger partial charge < -0.3 is 15.3 Å². The molecule has 0 unspecified atom stereocenters. The third-order valence-electron chi connectivity index (χ3n) is 8.15. The average molecular weight is 593 g/mol. The summed E-state index contributed by atoms with van der Waals surface area (Å²) >= 11 is 7.88. The first-order valence-electron chi connectivity index (χ1n) is 13.8. The number of aliphatic hydroxyl groups is 2. The standard InChI is InChI=1S/C32H33ClN2O5S/c1-2-19-15-24-30(32(40)35(31(24)39)17-23-6-5-13-41-23)25(18-36)29(19)28(38)11-9-21(27-7-3-4-12-34-27)14-20-8-10-22(37)16-26(20)33/h3-8,10,12-14,16,24-25,28,30,36-38H,2,9,11,15,17-18H2,1H3/b21-14-/t24-,25+,28-,30-/m1/s1. The number of imide groups is 1. The molecule has 0 saturated carbocycles. The second-order valence-electron chi connectivity index (χ2n) is 10.5. The van der Waals surface area contributed by atoms with Gasteiger partial charge in [0.15, 0.2) is 0 Å². The lowest BCUT2D eigenvalue weighted by Gasteiger charge is -2.36. The van der Waals surface area contributed by atoms with Gasteiger partial charge in [-0.2, -0.15) is 0 Å². The number of carbonyl (C=O) groups is 2. The number of pyridine rings is 1. The zero-order chi connectivity index (χ0) is 29.1. The molecule has 4 atom stereocenters. The van der Waals surface area contributed by atoms with Crippen LogP contribution in [0, 0.1) is 17.8 Å². The molecule has 3 N–H and O–H groups in total. The first-order chi connectivity index (χ1) is 19.8. The van der Waals surface area contributed by atoms with Crippen molar-refractivity contribution in [3.63, 3.8) is 0 Å². The molecular weight excluding hydrogens is 560 g/mol. The monoisotopic (exact) mass is 592 g/mol. The summed E-state index contributed by atoms with van der Waals surface area (Å²) in [6.45, 7) is 1.89. The Hall–Kier alpha value is -3.30. The summed E-state index contributed by atoms with van der Waals surface area (Å²) in [6.07, 6.45) is 4.47. The van der Waals surface area contributed by atoms with Gasteiger partial charge in [-0.25, -0.2) is 0 Å². The van der Waals surface area contributed by atoms with Crippen molar-refractivity contribution in [2.75, 3.05) is 6.61 Å². The van der Waals surface area contributed by atoms with E-state index < -0.39 is 23.9 Å². The Morgan fingerprint density at radius 2 is 2.02 bits per heavy atom. The van der Waals surface area contributed by atoms with Gasteiger partial charge in [-0.1, -0.05) is 36.2 Å². The molecule has 2 aliphatic rings. The number of phenols is 1. The van der Waals surface area contributed by atoms with Crippen LogP contribution in [0.3, 0.4) is 0 Å². The highest BCUT2D eigenvalue weighted by molar-refractivity contribution is 7.09. The Morgan fingerprint density at radius 1 is 1.20 bits per heavy atom. The normalized spacial score (nSPS) is 21.9. The number of thiophene rings is 1. The molecule has 1 aliphatic heterocycles. The molecule has 0 radical (unpaired) electrons. The Labute approximate surface area is 248 Å². The van der Waals surface area contributed by atoms with E-state index in [0.717, 1.165) is 21.7 Å². The van der Waals surface area contributed by atoms with Crippen molar-refractivity contribution in [3.05, 3.63) is 92.4 Å². The number of carbonyl (C=O) groups excluding carboxylic acids is 2. The van der Waals surface area contributed by atoms with Crippen molar-refractivity contribution in [2.45, 2.75) is 45.3 Å². The number of aromatic nitrogens is 1. The maximum atomic E-state index is 13.6. The van der Waals surface area contributed by atoms with Gasteiger partial charge in [-0.3, -0.25) is 19.5 Å². The van der Waals surface area contributed by atoms with Crippen LogP contribution in [-0.2, 0) is 16.1 Å². The number of halogens is 1. The number of aromatic hydroxyl groups is 1. The van der Waals surface area contributed by atoms with Crippen LogP contribution in [0.4, 0.5) is 0 Å². The Bertz CT molecular complexity index is 1470. The highest BCUT2D eigenvalue weighted by atomic mass is 35.5. The first kappa shape index (κ1) is 29.2.